The van der Waals surface area contributed by atoms with Crippen LogP contribution in [0.1, 0.15) is 45.2 Å². The van der Waals surface area contributed by atoms with E-state index in [0.29, 0.717) is 30.8 Å². The van der Waals surface area contributed by atoms with E-state index in [4.69, 9.17) is 16.2 Å². The van der Waals surface area contributed by atoms with Crippen LogP contribution in [0.15, 0.2) is 30.3 Å². The van der Waals surface area contributed by atoms with E-state index in [9.17, 15) is 9.59 Å². The number of nitrogens with two attached hydrogens (primary N) is 2. The molecule has 8 heteroatoms. The zero-order valence-electron chi connectivity index (χ0n) is 19.5. The normalized spacial score (nSPS) is 16.6. The molecule has 1 amide bonds. The van der Waals surface area contributed by atoms with Gasteiger partial charge >= 0.3 is 0 Å². The second-order valence-corrected chi connectivity index (χ2v) is 9.02. The van der Waals surface area contributed by atoms with Gasteiger partial charge in [0, 0.05) is 62.8 Å². The number of carbonyl (C=O) groups excluding carboxylic acids is 2. The van der Waals surface area contributed by atoms with E-state index in [0.717, 1.165) is 56.0 Å². The molecule has 0 saturated carbocycles. The maximum absolute atomic E-state index is 13.1. The highest BCUT2D eigenvalue weighted by Gasteiger charge is 2.27. The summed E-state index contributed by atoms with van der Waals surface area (Å²) >= 11 is 0. The van der Waals surface area contributed by atoms with Gasteiger partial charge in [-0.1, -0.05) is 6.07 Å². The van der Waals surface area contributed by atoms with Crippen molar-refractivity contribution in [2.24, 2.45) is 0 Å². The lowest BCUT2D eigenvalue weighted by molar-refractivity contribution is 0.0752. The highest BCUT2D eigenvalue weighted by Crippen LogP contribution is 2.30. The van der Waals surface area contributed by atoms with Gasteiger partial charge in [-0.2, -0.15) is 0 Å². The van der Waals surface area contributed by atoms with E-state index in [1.54, 1.807) is 4.90 Å². The highest BCUT2D eigenvalue weighted by molar-refractivity contribution is 6.06. The summed E-state index contributed by atoms with van der Waals surface area (Å²) in [5, 5.41) is 0. The topological polar surface area (TPSA) is 105 Å². The highest BCUT2D eigenvalue weighted by atomic mass is 16.5. The molecule has 2 aromatic rings. The number of anilines is 2. The molecule has 0 radical (unpaired) electrons. The number of likely N-dealkylation sites (N-methyl/N-ethyl adjacent to an activating group) is 1. The molecule has 4 rings (SSSR count). The van der Waals surface area contributed by atoms with Crippen molar-refractivity contribution in [3.63, 3.8) is 0 Å². The number of nitrogens with zero attached hydrogens (tertiary/aromatic N) is 3. The second kappa shape index (κ2) is 9.80. The lowest BCUT2D eigenvalue weighted by Gasteiger charge is -2.32. The van der Waals surface area contributed by atoms with Crippen LogP contribution in [-0.2, 0) is 13.1 Å². The Kier molecular flexibility index (Phi) is 6.85. The second-order valence-electron chi connectivity index (χ2n) is 9.02. The molecule has 0 aromatic heterocycles. The van der Waals surface area contributed by atoms with Gasteiger partial charge in [0.25, 0.3) is 5.91 Å². The van der Waals surface area contributed by atoms with Crippen molar-refractivity contribution in [3.8, 4) is 5.75 Å². The first-order chi connectivity index (χ1) is 15.8. The Hall–Kier alpha value is -3.10. The van der Waals surface area contributed by atoms with E-state index in [-0.39, 0.29) is 23.1 Å². The number of piperazine rings is 1. The Morgan fingerprint density at radius 2 is 1.64 bits per heavy atom. The van der Waals surface area contributed by atoms with Crippen LogP contribution < -0.4 is 16.2 Å². The van der Waals surface area contributed by atoms with Crippen LogP contribution in [0, 0.1) is 0 Å². The summed E-state index contributed by atoms with van der Waals surface area (Å²) in [4.78, 5) is 31.5. The Labute approximate surface area is 195 Å². The molecule has 2 heterocycles. The summed E-state index contributed by atoms with van der Waals surface area (Å²) in [6.45, 7) is 8.60. The molecular weight excluding hydrogens is 418 g/mol. The van der Waals surface area contributed by atoms with Gasteiger partial charge in [-0.3, -0.25) is 9.59 Å². The standard InChI is InChI=1S/C25H33N5O3/c1-17(31)21-13-22(24(27)14-23(21)26)25(32)30-15-18-4-5-20(12-19(18)16-30)33-11-3-6-29-9-7-28(2)8-10-29/h4-5,12-14H,3,6-11,15-16,26-27H2,1-2H3. The maximum Gasteiger partial charge on any atom is 0.256 e. The Morgan fingerprint density at radius 1 is 0.939 bits per heavy atom. The van der Waals surface area contributed by atoms with E-state index in [1.165, 1.54) is 19.1 Å². The molecule has 2 aliphatic heterocycles. The van der Waals surface area contributed by atoms with Gasteiger partial charge in [-0.25, -0.2) is 0 Å². The van der Waals surface area contributed by atoms with Gasteiger partial charge in [-0.15, -0.1) is 0 Å². The largest absolute Gasteiger partial charge is 0.494 e. The number of hydrogen-bond donors (Lipinski definition) is 2. The molecule has 33 heavy (non-hydrogen) atoms. The summed E-state index contributed by atoms with van der Waals surface area (Å²) in [5.74, 6) is 0.425. The fourth-order valence-corrected chi connectivity index (χ4v) is 4.45. The van der Waals surface area contributed by atoms with Gasteiger partial charge in [0.1, 0.15) is 5.75 Å². The van der Waals surface area contributed by atoms with E-state index in [2.05, 4.69) is 16.8 Å². The summed E-state index contributed by atoms with van der Waals surface area (Å²) in [6.07, 6.45) is 0.986. The number of carbonyl (C=O) groups is 2. The van der Waals surface area contributed by atoms with Crippen molar-refractivity contribution in [3.05, 3.63) is 52.6 Å². The molecule has 0 bridgehead atoms. The minimum atomic E-state index is -0.208. The van der Waals surface area contributed by atoms with E-state index < -0.39 is 0 Å². The lowest BCUT2D eigenvalue weighted by Crippen LogP contribution is -2.44. The molecule has 8 nitrogen and oxygen atoms in total. The monoisotopic (exact) mass is 451 g/mol. The van der Waals surface area contributed by atoms with Crippen LogP contribution in [0.3, 0.4) is 0 Å². The molecule has 4 N–H and O–H groups in total. The van der Waals surface area contributed by atoms with Gasteiger partial charge in [0.15, 0.2) is 5.78 Å². The minimum absolute atomic E-state index is 0.194. The van der Waals surface area contributed by atoms with Crippen molar-refractivity contribution in [2.45, 2.75) is 26.4 Å². The van der Waals surface area contributed by atoms with Crippen molar-refractivity contribution >= 4 is 23.1 Å². The van der Waals surface area contributed by atoms with Crippen LogP contribution >= 0.6 is 0 Å². The minimum Gasteiger partial charge on any atom is -0.494 e. The van der Waals surface area contributed by atoms with Crippen LogP contribution in [-0.4, -0.2) is 72.8 Å². The van der Waals surface area contributed by atoms with Gasteiger partial charge in [-0.05, 0) is 55.8 Å². The van der Waals surface area contributed by atoms with Crippen LogP contribution in [0.25, 0.3) is 0 Å². The summed E-state index contributed by atoms with van der Waals surface area (Å²) in [6, 6.07) is 9.00. The fraction of sp³-hybridized carbons (Fsp3) is 0.440. The van der Waals surface area contributed by atoms with Crippen LogP contribution in [0.2, 0.25) is 0 Å². The first-order valence-corrected chi connectivity index (χ1v) is 11.5. The van der Waals surface area contributed by atoms with Crippen LogP contribution in [0.4, 0.5) is 11.4 Å². The number of nitrogen functional groups attached to an aromatic ring is 2. The van der Waals surface area contributed by atoms with Gasteiger partial charge in [0.05, 0.1) is 12.2 Å². The van der Waals surface area contributed by atoms with Gasteiger partial charge < -0.3 is 30.9 Å². The predicted molar refractivity (Wildman–Crippen MR) is 129 cm³/mol. The number of ether oxygens (including phenoxy) is 1. The molecule has 0 atom stereocenters. The molecule has 176 valence electrons. The number of rotatable bonds is 7. The number of fused-ring (bicyclic) bond motifs is 1. The predicted octanol–water partition coefficient (Wildman–Crippen LogP) is 2.23. The Balaban J connectivity index is 1.34. The fourth-order valence-electron chi connectivity index (χ4n) is 4.45. The Bertz CT molecular complexity index is 1050. The average molecular weight is 452 g/mol. The van der Waals surface area contributed by atoms with E-state index >= 15 is 0 Å². The van der Waals surface area contributed by atoms with Crippen molar-refractivity contribution in [1.29, 1.82) is 0 Å². The molecule has 2 aliphatic rings. The average Bonchev–Trinajstić information content (AvgIpc) is 3.21. The third-order valence-electron chi connectivity index (χ3n) is 6.50. The zero-order chi connectivity index (χ0) is 23.5. The summed E-state index contributed by atoms with van der Waals surface area (Å²) < 4.78 is 5.99. The van der Waals surface area contributed by atoms with Crippen molar-refractivity contribution in [2.75, 3.05) is 57.8 Å². The number of Topliss-reactive ketones (excluding diaryl/α,β-unsaturated/α-hetero) is 1. The third kappa shape index (κ3) is 5.29. The smallest absolute Gasteiger partial charge is 0.256 e. The number of ketones is 1. The number of benzene rings is 2. The quantitative estimate of drug-likeness (QED) is 0.378. The molecule has 2 aromatic carbocycles. The summed E-state index contributed by atoms with van der Waals surface area (Å²) in [5.41, 5.74) is 15.3. The first kappa shape index (κ1) is 23.1. The summed E-state index contributed by atoms with van der Waals surface area (Å²) in [7, 11) is 2.16. The molecule has 1 fully saturated rings. The molecule has 0 aliphatic carbocycles. The third-order valence-corrected chi connectivity index (χ3v) is 6.50. The maximum atomic E-state index is 13.1. The van der Waals surface area contributed by atoms with Crippen molar-refractivity contribution < 1.29 is 14.3 Å². The lowest BCUT2D eigenvalue weighted by atomic mass is 10.0. The van der Waals surface area contributed by atoms with Crippen LogP contribution in [0.5, 0.6) is 5.75 Å². The first-order valence-electron chi connectivity index (χ1n) is 11.5. The van der Waals surface area contributed by atoms with Crippen molar-refractivity contribution in [1.82, 2.24) is 14.7 Å². The van der Waals surface area contributed by atoms with E-state index in [1.807, 2.05) is 18.2 Å². The molecule has 0 spiro atoms. The number of amides is 1. The molecular formula is C25H33N5O3. The van der Waals surface area contributed by atoms with Gasteiger partial charge in [0.2, 0.25) is 0 Å². The molecule has 1 saturated heterocycles. The number of hydrogen-bond acceptors (Lipinski definition) is 7. The Morgan fingerprint density at radius 3 is 2.36 bits per heavy atom. The SMILES string of the molecule is CC(=O)c1cc(C(=O)N2Cc3ccc(OCCCN4CCN(C)CC4)cc3C2)c(N)cc1N. The zero-order valence-corrected chi connectivity index (χ0v) is 19.5. The molecule has 0 unspecified atom stereocenters.